The molecule has 5 nitrogen and oxygen atoms in total. The fourth-order valence-corrected chi connectivity index (χ4v) is 3.50. The highest BCUT2D eigenvalue weighted by Crippen LogP contribution is 2.32. The van der Waals surface area contributed by atoms with Crippen molar-refractivity contribution in [2.75, 3.05) is 6.54 Å². The maximum absolute atomic E-state index is 12.8. The van der Waals surface area contributed by atoms with Crippen molar-refractivity contribution in [3.63, 3.8) is 0 Å². The number of hydrogen-bond acceptors (Lipinski definition) is 3. The van der Waals surface area contributed by atoms with Crippen LogP contribution in [0.5, 0.6) is 0 Å². The second-order valence-corrected chi connectivity index (χ2v) is 6.76. The van der Waals surface area contributed by atoms with Crippen LogP contribution in [0.3, 0.4) is 0 Å². The van der Waals surface area contributed by atoms with Crippen LogP contribution < -0.4 is 0 Å². The Hall–Kier alpha value is -2.56. The molecule has 0 spiro atoms. The van der Waals surface area contributed by atoms with E-state index >= 15 is 0 Å². The standard InChI is InChI=1S/C21H25NO4/c1-2-17-11-12-19(26-17)18-5-3-4-14-22(18)20(23)13-8-15-6-9-16(10-7-15)21(24)25/h6-7,9-12,18H,2-5,8,13-14H2,1H3,(H,24,25). The van der Waals surface area contributed by atoms with Crippen LogP contribution in [0.2, 0.25) is 0 Å². The first-order chi connectivity index (χ1) is 12.6. The van der Waals surface area contributed by atoms with Crippen LogP contribution in [-0.4, -0.2) is 28.4 Å². The van der Waals surface area contributed by atoms with E-state index in [1.807, 2.05) is 17.0 Å². The van der Waals surface area contributed by atoms with Crippen LogP contribution in [0, 0.1) is 0 Å². The molecule has 138 valence electrons. The van der Waals surface area contributed by atoms with Crippen molar-refractivity contribution in [2.24, 2.45) is 0 Å². The Labute approximate surface area is 153 Å². The van der Waals surface area contributed by atoms with Crippen LogP contribution in [0.25, 0.3) is 0 Å². The molecule has 1 amide bonds. The molecule has 5 heteroatoms. The highest BCUT2D eigenvalue weighted by Gasteiger charge is 2.29. The lowest BCUT2D eigenvalue weighted by molar-refractivity contribution is -0.135. The zero-order valence-corrected chi connectivity index (χ0v) is 15.1. The molecule has 1 aromatic heterocycles. The maximum Gasteiger partial charge on any atom is 0.335 e. The Morgan fingerprint density at radius 2 is 1.92 bits per heavy atom. The van der Waals surface area contributed by atoms with Crippen molar-refractivity contribution >= 4 is 11.9 Å². The van der Waals surface area contributed by atoms with Gasteiger partial charge in [-0.05, 0) is 55.5 Å². The number of carbonyl (C=O) groups excluding carboxylic acids is 1. The molecule has 26 heavy (non-hydrogen) atoms. The van der Waals surface area contributed by atoms with Gasteiger partial charge in [0.25, 0.3) is 0 Å². The largest absolute Gasteiger partial charge is 0.478 e. The monoisotopic (exact) mass is 355 g/mol. The summed E-state index contributed by atoms with van der Waals surface area (Å²) < 4.78 is 5.90. The van der Waals surface area contributed by atoms with Crippen LogP contribution in [0.4, 0.5) is 0 Å². The fourth-order valence-electron chi connectivity index (χ4n) is 3.50. The molecule has 1 atom stereocenters. The van der Waals surface area contributed by atoms with Gasteiger partial charge in [0.05, 0.1) is 11.6 Å². The molecule has 0 bridgehead atoms. The number of aromatic carboxylic acids is 1. The highest BCUT2D eigenvalue weighted by atomic mass is 16.4. The SMILES string of the molecule is CCc1ccc(C2CCCCN2C(=O)CCc2ccc(C(=O)O)cc2)o1. The van der Waals surface area contributed by atoms with Crippen molar-refractivity contribution in [1.82, 2.24) is 4.90 Å². The minimum Gasteiger partial charge on any atom is -0.478 e. The molecule has 0 radical (unpaired) electrons. The van der Waals surface area contributed by atoms with Crippen molar-refractivity contribution < 1.29 is 19.1 Å². The van der Waals surface area contributed by atoms with E-state index in [1.165, 1.54) is 0 Å². The normalized spacial score (nSPS) is 17.3. The zero-order chi connectivity index (χ0) is 18.5. The molecule has 1 unspecified atom stereocenters. The van der Waals surface area contributed by atoms with Gasteiger partial charge in [0.1, 0.15) is 11.5 Å². The van der Waals surface area contributed by atoms with Crippen LogP contribution in [0.15, 0.2) is 40.8 Å². The third-order valence-electron chi connectivity index (χ3n) is 5.01. The number of aryl methyl sites for hydroxylation is 2. The van der Waals surface area contributed by atoms with Crippen molar-refractivity contribution in [3.05, 3.63) is 59.0 Å². The number of carboxylic acids is 1. The van der Waals surface area contributed by atoms with Crippen LogP contribution >= 0.6 is 0 Å². The third-order valence-corrected chi connectivity index (χ3v) is 5.01. The predicted octanol–water partition coefficient (Wildman–Crippen LogP) is 4.23. The number of carboxylic acid groups (broad SMARTS) is 1. The van der Waals surface area contributed by atoms with E-state index in [1.54, 1.807) is 24.3 Å². The summed E-state index contributed by atoms with van der Waals surface area (Å²) in [5.74, 6) is 1.04. The van der Waals surface area contributed by atoms with E-state index in [-0.39, 0.29) is 17.5 Å². The summed E-state index contributed by atoms with van der Waals surface area (Å²) in [6, 6.07) is 10.8. The first-order valence-corrected chi connectivity index (χ1v) is 9.28. The Morgan fingerprint density at radius 1 is 1.15 bits per heavy atom. The summed E-state index contributed by atoms with van der Waals surface area (Å²) in [5, 5.41) is 8.95. The number of piperidine rings is 1. The molecule has 1 N–H and O–H groups in total. The molecule has 2 heterocycles. The van der Waals surface area contributed by atoms with Crippen LogP contribution in [0.1, 0.15) is 66.1 Å². The molecular formula is C21H25NO4. The fraction of sp³-hybridized carbons (Fsp3) is 0.429. The molecule has 3 rings (SSSR count). The number of rotatable bonds is 6. The lowest BCUT2D eigenvalue weighted by atomic mass is 9.98. The summed E-state index contributed by atoms with van der Waals surface area (Å²) in [6.45, 7) is 2.83. The van der Waals surface area contributed by atoms with Crippen molar-refractivity contribution in [3.8, 4) is 0 Å². The van der Waals surface area contributed by atoms with Gasteiger partial charge in [-0.25, -0.2) is 4.79 Å². The average Bonchev–Trinajstić information content (AvgIpc) is 3.15. The van der Waals surface area contributed by atoms with Gasteiger partial charge in [0.15, 0.2) is 0 Å². The van der Waals surface area contributed by atoms with Gasteiger partial charge in [-0.15, -0.1) is 0 Å². The summed E-state index contributed by atoms with van der Waals surface area (Å²) in [5.41, 5.74) is 1.24. The summed E-state index contributed by atoms with van der Waals surface area (Å²) >= 11 is 0. The van der Waals surface area contributed by atoms with Gasteiger partial charge >= 0.3 is 5.97 Å². The smallest absolute Gasteiger partial charge is 0.335 e. The first kappa shape index (κ1) is 18.2. The topological polar surface area (TPSA) is 70.8 Å². The third kappa shape index (κ3) is 4.15. The lowest BCUT2D eigenvalue weighted by Gasteiger charge is -2.34. The molecule has 1 saturated heterocycles. The van der Waals surface area contributed by atoms with Crippen molar-refractivity contribution in [1.29, 1.82) is 0 Å². The zero-order valence-electron chi connectivity index (χ0n) is 15.1. The van der Waals surface area contributed by atoms with E-state index in [2.05, 4.69) is 6.92 Å². The summed E-state index contributed by atoms with van der Waals surface area (Å²) in [6.07, 6.45) is 4.96. The number of nitrogens with zero attached hydrogens (tertiary/aromatic N) is 1. The summed E-state index contributed by atoms with van der Waals surface area (Å²) in [7, 11) is 0. The van der Waals surface area contributed by atoms with Gasteiger partial charge in [-0.3, -0.25) is 4.79 Å². The first-order valence-electron chi connectivity index (χ1n) is 9.28. The number of furan rings is 1. The molecule has 1 aromatic carbocycles. The van der Waals surface area contributed by atoms with E-state index in [4.69, 9.17) is 9.52 Å². The van der Waals surface area contributed by atoms with E-state index in [9.17, 15) is 9.59 Å². The Kier molecular flexibility index (Phi) is 5.76. The van der Waals surface area contributed by atoms with E-state index < -0.39 is 5.97 Å². The molecule has 0 aliphatic carbocycles. The van der Waals surface area contributed by atoms with Crippen LogP contribution in [-0.2, 0) is 17.6 Å². The molecule has 1 aliphatic rings. The van der Waals surface area contributed by atoms with Gasteiger partial charge in [-0.1, -0.05) is 19.1 Å². The molecule has 1 fully saturated rings. The number of benzene rings is 1. The molecule has 2 aromatic rings. The Morgan fingerprint density at radius 3 is 2.58 bits per heavy atom. The minimum atomic E-state index is -0.936. The second kappa shape index (κ2) is 8.21. The predicted molar refractivity (Wildman–Crippen MR) is 98.1 cm³/mol. The molecule has 1 aliphatic heterocycles. The maximum atomic E-state index is 12.8. The van der Waals surface area contributed by atoms with E-state index in [0.29, 0.717) is 12.8 Å². The Balaban J connectivity index is 1.63. The number of carbonyl (C=O) groups is 2. The minimum absolute atomic E-state index is 0.0333. The van der Waals surface area contributed by atoms with Gasteiger partial charge in [0, 0.05) is 19.4 Å². The van der Waals surface area contributed by atoms with E-state index in [0.717, 1.165) is 49.3 Å². The Bertz CT molecular complexity index is 763. The number of hydrogen-bond donors (Lipinski definition) is 1. The molecule has 0 saturated carbocycles. The summed E-state index contributed by atoms with van der Waals surface area (Å²) in [4.78, 5) is 25.7. The lowest BCUT2D eigenvalue weighted by Crippen LogP contribution is -2.38. The van der Waals surface area contributed by atoms with Gasteiger partial charge in [0.2, 0.25) is 5.91 Å². The number of amides is 1. The average molecular weight is 355 g/mol. The van der Waals surface area contributed by atoms with Crippen molar-refractivity contribution in [2.45, 2.75) is 51.5 Å². The second-order valence-electron chi connectivity index (χ2n) is 6.76. The van der Waals surface area contributed by atoms with Gasteiger partial charge in [-0.2, -0.15) is 0 Å². The number of likely N-dealkylation sites (tertiary alicyclic amines) is 1. The van der Waals surface area contributed by atoms with Gasteiger partial charge < -0.3 is 14.4 Å². The molecular weight excluding hydrogens is 330 g/mol. The quantitative estimate of drug-likeness (QED) is 0.842. The highest BCUT2D eigenvalue weighted by molar-refractivity contribution is 5.87.